The third-order valence-corrected chi connectivity index (χ3v) is 5.08. The maximum Gasteiger partial charge on any atom is 0.322 e. The summed E-state index contributed by atoms with van der Waals surface area (Å²) in [6.45, 7) is 3.35. The van der Waals surface area contributed by atoms with Gasteiger partial charge in [0.05, 0.1) is 23.5 Å². The predicted molar refractivity (Wildman–Crippen MR) is 95.3 cm³/mol. The smallest absolute Gasteiger partial charge is 0.322 e. The SMILES string of the molecule is O=C(c1cccc2c1OCCO2)N1CC(n2cc(N3CCNC3=O)cn2)C1. The number of para-hydroxylation sites is 1. The van der Waals surface area contributed by atoms with E-state index in [-0.39, 0.29) is 18.0 Å². The van der Waals surface area contributed by atoms with Crippen molar-refractivity contribution in [2.45, 2.75) is 6.04 Å². The van der Waals surface area contributed by atoms with Gasteiger partial charge in [0.15, 0.2) is 11.5 Å². The van der Waals surface area contributed by atoms with Crippen LogP contribution < -0.4 is 19.7 Å². The molecule has 3 aliphatic heterocycles. The Hall–Kier alpha value is -3.23. The molecule has 0 spiro atoms. The average Bonchev–Trinajstić information content (AvgIpc) is 3.29. The van der Waals surface area contributed by atoms with E-state index < -0.39 is 0 Å². The first kappa shape index (κ1) is 16.0. The summed E-state index contributed by atoms with van der Waals surface area (Å²) >= 11 is 0. The molecule has 1 N–H and O–H groups in total. The van der Waals surface area contributed by atoms with Crippen molar-refractivity contribution in [3.05, 3.63) is 36.2 Å². The van der Waals surface area contributed by atoms with Gasteiger partial charge in [0.1, 0.15) is 13.2 Å². The van der Waals surface area contributed by atoms with E-state index in [4.69, 9.17) is 9.47 Å². The molecule has 5 rings (SSSR count). The van der Waals surface area contributed by atoms with Crippen LogP contribution in [-0.2, 0) is 0 Å². The maximum atomic E-state index is 12.8. The molecular weight excluding hydrogens is 350 g/mol. The molecule has 9 heteroatoms. The van der Waals surface area contributed by atoms with Crippen LogP contribution in [0.15, 0.2) is 30.6 Å². The van der Waals surface area contributed by atoms with Gasteiger partial charge in [-0.15, -0.1) is 0 Å². The normalized spacial score (nSPS) is 19.0. The van der Waals surface area contributed by atoms with Gasteiger partial charge in [0.25, 0.3) is 5.91 Å². The molecule has 3 amide bonds. The van der Waals surface area contributed by atoms with Crippen molar-refractivity contribution >= 4 is 17.6 Å². The summed E-state index contributed by atoms with van der Waals surface area (Å²) in [4.78, 5) is 28.0. The Morgan fingerprint density at radius 3 is 2.89 bits per heavy atom. The highest BCUT2D eigenvalue weighted by atomic mass is 16.6. The highest BCUT2D eigenvalue weighted by Crippen LogP contribution is 2.35. The van der Waals surface area contributed by atoms with Gasteiger partial charge in [-0.1, -0.05) is 6.07 Å². The summed E-state index contributed by atoms with van der Waals surface area (Å²) in [6, 6.07) is 5.38. The van der Waals surface area contributed by atoms with Crippen molar-refractivity contribution in [1.29, 1.82) is 0 Å². The maximum absolute atomic E-state index is 12.8. The fourth-order valence-electron chi connectivity index (χ4n) is 3.59. The van der Waals surface area contributed by atoms with Gasteiger partial charge >= 0.3 is 6.03 Å². The van der Waals surface area contributed by atoms with E-state index in [1.807, 2.05) is 16.9 Å². The minimum atomic E-state index is -0.101. The van der Waals surface area contributed by atoms with Crippen molar-refractivity contribution in [2.24, 2.45) is 0 Å². The molecule has 1 aromatic heterocycles. The number of nitrogens with zero attached hydrogens (tertiary/aromatic N) is 4. The van der Waals surface area contributed by atoms with Crippen LogP contribution in [0.25, 0.3) is 0 Å². The third kappa shape index (κ3) is 2.66. The summed E-state index contributed by atoms with van der Waals surface area (Å²) in [5, 5.41) is 7.14. The van der Waals surface area contributed by atoms with Gasteiger partial charge in [-0.2, -0.15) is 5.10 Å². The lowest BCUT2D eigenvalue weighted by atomic mass is 10.1. The molecule has 1 aromatic carbocycles. The Kier molecular flexibility index (Phi) is 3.66. The standard InChI is InChI=1S/C18H19N5O4/c24-17(14-2-1-3-15-16(14)27-7-6-26-15)21-9-13(10-21)23-11-12(8-20-23)22-5-4-19-18(22)25/h1-3,8,11,13H,4-7,9-10H2,(H,19,25). The van der Waals surface area contributed by atoms with Gasteiger partial charge in [-0.05, 0) is 12.1 Å². The van der Waals surface area contributed by atoms with Crippen molar-refractivity contribution < 1.29 is 19.1 Å². The van der Waals surface area contributed by atoms with Gasteiger partial charge in [0, 0.05) is 32.4 Å². The van der Waals surface area contributed by atoms with Crippen LogP contribution in [0, 0.1) is 0 Å². The lowest BCUT2D eigenvalue weighted by molar-refractivity contribution is 0.0493. The first-order chi connectivity index (χ1) is 13.2. The molecule has 4 heterocycles. The highest BCUT2D eigenvalue weighted by molar-refractivity contribution is 5.98. The predicted octanol–water partition coefficient (Wildman–Crippen LogP) is 0.881. The lowest BCUT2D eigenvalue weighted by Gasteiger charge is -2.39. The van der Waals surface area contributed by atoms with Crippen LogP contribution in [0.2, 0.25) is 0 Å². The minimum absolute atomic E-state index is 0.0695. The number of carbonyl (C=O) groups excluding carboxylic acids is 2. The number of hydrogen-bond donors (Lipinski definition) is 1. The van der Waals surface area contributed by atoms with Gasteiger partial charge in [-0.25, -0.2) is 4.79 Å². The first-order valence-corrected chi connectivity index (χ1v) is 8.98. The second-order valence-electron chi connectivity index (χ2n) is 6.76. The number of carbonyl (C=O) groups is 2. The van der Waals surface area contributed by atoms with Crippen LogP contribution in [-0.4, -0.2) is 66.0 Å². The number of anilines is 1. The van der Waals surface area contributed by atoms with Crippen LogP contribution in [0.3, 0.4) is 0 Å². The number of ether oxygens (including phenoxy) is 2. The molecule has 2 saturated heterocycles. The van der Waals surface area contributed by atoms with Crippen LogP contribution in [0.1, 0.15) is 16.4 Å². The Morgan fingerprint density at radius 1 is 1.22 bits per heavy atom. The Balaban J connectivity index is 1.27. The Morgan fingerprint density at radius 2 is 2.07 bits per heavy atom. The molecular formula is C18H19N5O4. The molecule has 0 radical (unpaired) electrons. The van der Waals surface area contributed by atoms with Crippen molar-refractivity contribution in [3.63, 3.8) is 0 Å². The number of rotatable bonds is 3. The van der Waals surface area contributed by atoms with E-state index in [1.165, 1.54) is 0 Å². The largest absolute Gasteiger partial charge is 0.486 e. The average molecular weight is 369 g/mol. The number of fused-ring (bicyclic) bond motifs is 1. The second kappa shape index (κ2) is 6.19. The van der Waals surface area contributed by atoms with Crippen molar-refractivity contribution in [2.75, 3.05) is 44.3 Å². The van der Waals surface area contributed by atoms with Crippen LogP contribution in [0.5, 0.6) is 11.5 Å². The third-order valence-electron chi connectivity index (χ3n) is 5.08. The molecule has 0 aliphatic carbocycles. The molecule has 140 valence electrons. The molecule has 2 fully saturated rings. The fourth-order valence-corrected chi connectivity index (χ4v) is 3.59. The van der Waals surface area contributed by atoms with Crippen molar-refractivity contribution in [3.8, 4) is 11.5 Å². The number of hydrogen-bond acceptors (Lipinski definition) is 5. The van der Waals surface area contributed by atoms with Crippen molar-refractivity contribution in [1.82, 2.24) is 20.0 Å². The summed E-state index contributed by atoms with van der Waals surface area (Å²) < 4.78 is 13.0. The van der Waals surface area contributed by atoms with E-state index >= 15 is 0 Å². The molecule has 0 atom stereocenters. The quantitative estimate of drug-likeness (QED) is 0.868. The summed E-state index contributed by atoms with van der Waals surface area (Å²) in [5.41, 5.74) is 1.30. The number of amides is 3. The summed E-state index contributed by atoms with van der Waals surface area (Å²) in [5.74, 6) is 1.07. The van der Waals surface area contributed by atoms with Gasteiger partial charge < -0.3 is 19.7 Å². The van der Waals surface area contributed by atoms with E-state index in [2.05, 4.69) is 10.4 Å². The highest BCUT2D eigenvalue weighted by Gasteiger charge is 2.35. The number of urea groups is 1. The molecule has 0 bridgehead atoms. The number of benzene rings is 1. The zero-order valence-corrected chi connectivity index (χ0v) is 14.6. The van der Waals surface area contributed by atoms with Crippen LogP contribution >= 0.6 is 0 Å². The Bertz CT molecular complexity index is 905. The van der Waals surface area contributed by atoms with Gasteiger partial charge in [0.2, 0.25) is 0 Å². The summed E-state index contributed by atoms with van der Waals surface area (Å²) in [6.07, 6.45) is 3.55. The monoisotopic (exact) mass is 369 g/mol. The summed E-state index contributed by atoms with van der Waals surface area (Å²) in [7, 11) is 0. The molecule has 9 nitrogen and oxygen atoms in total. The number of aromatic nitrogens is 2. The topological polar surface area (TPSA) is 88.9 Å². The van der Waals surface area contributed by atoms with E-state index in [9.17, 15) is 9.59 Å². The Labute approximate surface area is 155 Å². The van der Waals surface area contributed by atoms with Crippen LogP contribution in [0.4, 0.5) is 10.5 Å². The molecule has 0 unspecified atom stereocenters. The molecule has 3 aliphatic rings. The van der Waals surface area contributed by atoms with E-state index in [0.717, 1.165) is 5.69 Å². The number of likely N-dealkylation sites (tertiary alicyclic amines) is 1. The molecule has 2 aromatic rings. The molecule has 0 saturated carbocycles. The fraction of sp³-hybridized carbons (Fsp3) is 0.389. The second-order valence-corrected chi connectivity index (χ2v) is 6.76. The van der Waals surface area contributed by atoms with E-state index in [0.29, 0.717) is 56.5 Å². The molecule has 27 heavy (non-hydrogen) atoms. The number of nitrogens with one attached hydrogen (secondary N) is 1. The first-order valence-electron chi connectivity index (χ1n) is 8.98. The minimum Gasteiger partial charge on any atom is -0.486 e. The lowest BCUT2D eigenvalue weighted by Crippen LogP contribution is -2.51. The van der Waals surface area contributed by atoms with E-state index in [1.54, 1.807) is 28.1 Å². The zero-order valence-electron chi connectivity index (χ0n) is 14.6. The zero-order chi connectivity index (χ0) is 18.4. The van der Waals surface area contributed by atoms with Gasteiger partial charge in [-0.3, -0.25) is 14.4 Å².